The topological polar surface area (TPSA) is 70.6 Å². The number of hydrogen-bond donors (Lipinski definition) is 2. The molecule has 2 aromatic rings. The zero-order chi connectivity index (χ0) is 14.4. The van der Waals surface area contributed by atoms with Crippen LogP contribution in [0.3, 0.4) is 0 Å². The van der Waals surface area contributed by atoms with Crippen molar-refractivity contribution in [3.63, 3.8) is 0 Å². The van der Waals surface area contributed by atoms with Crippen molar-refractivity contribution in [2.75, 3.05) is 16.4 Å². The second-order valence-electron chi connectivity index (χ2n) is 4.20. The lowest BCUT2D eigenvalue weighted by molar-refractivity contribution is 0.607. The molecule has 0 spiro atoms. The van der Waals surface area contributed by atoms with E-state index in [2.05, 4.69) is 15.2 Å². The molecular formula is C14H15N3O2S. The number of nitrogens with zero attached hydrogens (tertiary/aromatic N) is 1. The normalized spacial score (nSPS) is 11.4. The fourth-order valence-corrected chi connectivity index (χ4v) is 2.18. The van der Waals surface area contributed by atoms with E-state index in [9.17, 15) is 8.42 Å². The number of hydrogen-bond acceptors (Lipinski definition) is 4. The maximum atomic E-state index is 11.3. The molecule has 2 N–H and O–H groups in total. The molecule has 0 amide bonds. The second-order valence-corrected chi connectivity index (χ2v) is 5.95. The van der Waals surface area contributed by atoms with E-state index in [0.717, 1.165) is 11.9 Å². The van der Waals surface area contributed by atoms with Crippen LogP contribution in [0.25, 0.3) is 0 Å². The van der Waals surface area contributed by atoms with Crippen LogP contribution in [0.1, 0.15) is 5.56 Å². The van der Waals surface area contributed by atoms with Gasteiger partial charge in [0.25, 0.3) is 0 Å². The zero-order valence-corrected chi connectivity index (χ0v) is 11.8. The van der Waals surface area contributed by atoms with Crippen LogP contribution >= 0.6 is 0 Å². The average Bonchev–Trinajstić information content (AvgIpc) is 2.40. The van der Waals surface area contributed by atoms with Crippen LogP contribution in [-0.4, -0.2) is 20.9 Å². The van der Waals surface area contributed by atoms with Gasteiger partial charge in [0.1, 0.15) is 0 Å². The van der Waals surface area contributed by atoms with Gasteiger partial charge < -0.3 is 0 Å². The van der Waals surface area contributed by atoms with Crippen molar-refractivity contribution in [2.45, 2.75) is 0 Å². The van der Waals surface area contributed by atoms with Crippen LogP contribution in [-0.2, 0) is 10.0 Å². The smallest absolute Gasteiger partial charge is 0.229 e. The minimum absolute atomic E-state index is 0.494. The molecule has 2 rings (SSSR count). The van der Waals surface area contributed by atoms with Crippen LogP contribution in [0.4, 0.5) is 11.4 Å². The minimum Gasteiger partial charge on any atom is -0.283 e. The molecule has 104 valence electrons. The number of rotatable bonds is 5. The number of nitrogens with one attached hydrogen (secondary N) is 2. The van der Waals surface area contributed by atoms with Crippen LogP contribution in [0, 0.1) is 0 Å². The van der Waals surface area contributed by atoms with Crippen molar-refractivity contribution < 1.29 is 8.42 Å². The number of sulfonamides is 1. The van der Waals surface area contributed by atoms with Crippen molar-refractivity contribution in [3.05, 3.63) is 60.2 Å². The minimum atomic E-state index is -3.31. The third-order valence-corrected chi connectivity index (χ3v) is 3.02. The quantitative estimate of drug-likeness (QED) is 0.656. The standard InChI is InChI=1S/C14H15N3O2S/c1-20(18,19)17-14-10-6-5-7-12(14)11-15-16-13-8-3-2-4-9-13/h2-11,16-17H,1H3. The first kappa shape index (κ1) is 14.1. The Labute approximate surface area is 118 Å². The molecule has 0 fully saturated rings. The Bertz CT molecular complexity index is 697. The Kier molecular flexibility index (Phi) is 4.37. The van der Waals surface area contributed by atoms with Gasteiger partial charge in [-0.1, -0.05) is 36.4 Å². The first-order chi connectivity index (χ1) is 9.54. The van der Waals surface area contributed by atoms with Gasteiger partial charge in [-0.25, -0.2) is 8.42 Å². The van der Waals surface area contributed by atoms with E-state index >= 15 is 0 Å². The molecule has 0 saturated heterocycles. The van der Waals surface area contributed by atoms with Crippen LogP contribution < -0.4 is 10.1 Å². The third-order valence-electron chi connectivity index (χ3n) is 2.43. The number of hydrazone groups is 1. The molecule has 2 aromatic carbocycles. The lowest BCUT2D eigenvalue weighted by atomic mass is 10.2. The monoisotopic (exact) mass is 289 g/mol. The fourth-order valence-electron chi connectivity index (χ4n) is 1.59. The van der Waals surface area contributed by atoms with Gasteiger partial charge >= 0.3 is 0 Å². The van der Waals surface area contributed by atoms with Crippen LogP contribution in [0.5, 0.6) is 0 Å². The molecule has 0 aliphatic rings. The Morgan fingerprint density at radius 2 is 1.65 bits per heavy atom. The number of benzene rings is 2. The molecule has 0 unspecified atom stereocenters. The summed E-state index contributed by atoms with van der Waals surface area (Å²) in [5.41, 5.74) is 4.91. The summed E-state index contributed by atoms with van der Waals surface area (Å²) in [6, 6.07) is 16.5. The largest absolute Gasteiger partial charge is 0.283 e. The summed E-state index contributed by atoms with van der Waals surface area (Å²) in [5.74, 6) is 0. The lowest BCUT2D eigenvalue weighted by Gasteiger charge is -2.07. The second kappa shape index (κ2) is 6.21. The predicted molar refractivity (Wildman–Crippen MR) is 82.6 cm³/mol. The van der Waals surface area contributed by atoms with Gasteiger partial charge in [-0.3, -0.25) is 10.1 Å². The molecule has 0 bridgehead atoms. The Morgan fingerprint density at radius 1 is 1.00 bits per heavy atom. The highest BCUT2D eigenvalue weighted by atomic mass is 32.2. The van der Waals surface area contributed by atoms with E-state index in [1.807, 2.05) is 36.4 Å². The SMILES string of the molecule is CS(=O)(=O)Nc1ccccc1C=NNc1ccccc1. The summed E-state index contributed by atoms with van der Waals surface area (Å²) < 4.78 is 25.0. The summed E-state index contributed by atoms with van der Waals surface area (Å²) in [7, 11) is -3.31. The maximum Gasteiger partial charge on any atom is 0.229 e. The van der Waals surface area contributed by atoms with Gasteiger partial charge in [0.05, 0.1) is 23.8 Å². The number of para-hydroxylation sites is 2. The van der Waals surface area contributed by atoms with Gasteiger partial charge in [-0.05, 0) is 18.2 Å². The Morgan fingerprint density at radius 3 is 2.35 bits per heavy atom. The molecule has 0 radical (unpaired) electrons. The fraction of sp³-hybridized carbons (Fsp3) is 0.0714. The first-order valence-corrected chi connectivity index (χ1v) is 7.85. The molecule has 5 nitrogen and oxygen atoms in total. The summed E-state index contributed by atoms with van der Waals surface area (Å²) in [5, 5.41) is 4.09. The molecule has 0 aromatic heterocycles. The molecule has 0 heterocycles. The zero-order valence-electron chi connectivity index (χ0n) is 10.9. The summed E-state index contributed by atoms with van der Waals surface area (Å²) in [4.78, 5) is 0. The van der Waals surface area contributed by atoms with Crippen LogP contribution in [0.2, 0.25) is 0 Å². The van der Waals surface area contributed by atoms with Crippen molar-refractivity contribution >= 4 is 27.6 Å². The highest BCUT2D eigenvalue weighted by Gasteiger charge is 2.04. The van der Waals surface area contributed by atoms with Gasteiger partial charge in [-0.2, -0.15) is 5.10 Å². The van der Waals surface area contributed by atoms with E-state index in [1.54, 1.807) is 24.4 Å². The van der Waals surface area contributed by atoms with Gasteiger partial charge in [0.2, 0.25) is 10.0 Å². The highest BCUT2D eigenvalue weighted by molar-refractivity contribution is 7.92. The number of anilines is 2. The van der Waals surface area contributed by atoms with Gasteiger partial charge in [0, 0.05) is 5.56 Å². The molecule has 0 aliphatic heterocycles. The Balaban J connectivity index is 2.13. The third kappa shape index (κ3) is 4.40. The lowest BCUT2D eigenvalue weighted by Crippen LogP contribution is -2.11. The van der Waals surface area contributed by atoms with E-state index < -0.39 is 10.0 Å². The summed E-state index contributed by atoms with van der Waals surface area (Å²) >= 11 is 0. The van der Waals surface area contributed by atoms with Gasteiger partial charge in [0.15, 0.2) is 0 Å². The van der Waals surface area contributed by atoms with Crippen molar-refractivity contribution in [1.29, 1.82) is 0 Å². The van der Waals surface area contributed by atoms with Crippen molar-refractivity contribution in [1.82, 2.24) is 0 Å². The van der Waals surface area contributed by atoms with Crippen molar-refractivity contribution in [3.8, 4) is 0 Å². The molecule has 20 heavy (non-hydrogen) atoms. The van der Waals surface area contributed by atoms with E-state index in [1.165, 1.54) is 0 Å². The molecule has 0 atom stereocenters. The van der Waals surface area contributed by atoms with E-state index in [0.29, 0.717) is 11.3 Å². The molecule has 6 heteroatoms. The molecule has 0 aliphatic carbocycles. The average molecular weight is 289 g/mol. The molecular weight excluding hydrogens is 274 g/mol. The Hall–Kier alpha value is -2.34. The summed E-state index contributed by atoms with van der Waals surface area (Å²) in [6.45, 7) is 0. The highest BCUT2D eigenvalue weighted by Crippen LogP contribution is 2.14. The van der Waals surface area contributed by atoms with E-state index in [-0.39, 0.29) is 0 Å². The predicted octanol–water partition coefficient (Wildman–Crippen LogP) is 2.50. The van der Waals surface area contributed by atoms with E-state index in [4.69, 9.17) is 0 Å². The van der Waals surface area contributed by atoms with Gasteiger partial charge in [-0.15, -0.1) is 0 Å². The maximum absolute atomic E-state index is 11.3. The molecule has 0 saturated carbocycles. The van der Waals surface area contributed by atoms with Crippen LogP contribution in [0.15, 0.2) is 59.7 Å². The van der Waals surface area contributed by atoms with Crippen molar-refractivity contribution in [2.24, 2.45) is 5.10 Å². The summed E-state index contributed by atoms with van der Waals surface area (Å²) in [6.07, 6.45) is 2.68. The first-order valence-electron chi connectivity index (χ1n) is 5.95.